The van der Waals surface area contributed by atoms with Gasteiger partial charge in [-0.2, -0.15) is 9.36 Å². The molecule has 0 aliphatic heterocycles. The minimum absolute atomic E-state index is 0.613. The third kappa shape index (κ3) is 0.540. The third-order valence-electron chi connectivity index (χ3n) is 1.23. The second-order valence-corrected chi connectivity index (χ2v) is 1.86. The molecular formula is C5H4N4O. The van der Waals surface area contributed by atoms with E-state index in [2.05, 4.69) is 9.97 Å². The Bertz CT molecular complexity index is 355. The van der Waals surface area contributed by atoms with Crippen molar-refractivity contribution in [2.24, 2.45) is 0 Å². The van der Waals surface area contributed by atoms with Gasteiger partial charge in [0.05, 0.1) is 6.20 Å². The average Bonchev–Trinajstić information content (AvgIpc) is 2.36. The zero-order valence-corrected chi connectivity index (χ0v) is 5.01. The van der Waals surface area contributed by atoms with Crippen molar-refractivity contribution in [3.05, 3.63) is 30.3 Å². The van der Waals surface area contributed by atoms with Crippen molar-refractivity contribution >= 4 is 5.52 Å². The molecule has 5 nitrogen and oxygen atoms in total. The maximum atomic E-state index is 10.8. The van der Waals surface area contributed by atoms with E-state index in [1.807, 2.05) is 0 Å². The van der Waals surface area contributed by atoms with Crippen molar-refractivity contribution in [1.29, 1.82) is 0 Å². The second kappa shape index (κ2) is 1.66. The Morgan fingerprint density at radius 1 is 1.40 bits per heavy atom. The highest BCUT2D eigenvalue weighted by Crippen LogP contribution is 1.91. The van der Waals surface area contributed by atoms with Crippen LogP contribution in [0.4, 0.5) is 0 Å². The third-order valence-corrected chi connectivity index (χ3v) is 1.23. The zero-order valence-electron chi connectivity index (χ0n) is 5.01. The summed E-state index contributed by atoms with van der Waals surface area (Å²) in [7, 11) is 0. The van der Waals surface area contributed by atoms with Gasteiger partial charge < -0.3 is 5.21 Å². The minimum atomic E-state index is 0.613. The molecule has 0 aliphatic carbocycles. The molecule has 50 valence electrons. The number of rotatable bonds is 0. The number of hydrogen-bond donors (Lipinski definition) is 0. The molecule has 5 heteroatoms. The van der Waals surface area contributed by atoms with E-state index in [-0.39, 0.29) is 0 Å². The van der Waals surface area contributed by atoms with Crippen LogP contribution in [-0.4, -0.2) is 14.5 Å². The maximum Gasteiger partial charge on any atom is 0.308 e. The lowest BCUT2D eigenvalue weighted by Gasteiger charge is -1.99. The lowest BCUT2D eigenvalue weighted by atomic mass is 10.6. The quantitative estimate of drug-likeness (QED) is 0.357. The molecule has 0 aliphatic rings. The normalized spacial score (nSPS) is 10.4. The highest BCUT2D eigenvalue weighted by molar-refractivity contribution is 5.38. The summed E-state index contributed by atoms with van der Waals surface area (Å²) in [4.78, 5) is 8.05. The zero-order chi connectivity index (χ0) is 6.97. The lowest BCUT2D eigenvalue weighted by molar-refractivity contribution is -0.683. The molecule has 2 aromatic rings. The van der Waals surface area contributed by atoms with Crippen LogP contribution in [0.5, 0.6) is 0 Å². The summed E-state index contributed by atoms with van der Waals surface area (Å²) >= 11 is 0. The van der Waals surface area contributed by atoms with Crippen LogP contribution in [-0.2, 0) is 0 Å². The predicted octanol–water partition coefficient (Wildman–Crippen LogP) is -0.637. The van der Waals surface area contributed by atoms with Gasteiger partial charge in [-0.1, -0.05) is 4.98 Å². The summed E-state index contributed by atoms with van der Waals surface area (Å²) in [5.41, 5.74) is 0.692. The van der Waals surface area contributed by atoms with Crippen LogP contribution in [0.15, 0.2) is 25.0 Å². The van der Waals surface area contributed by atoms with E-state index >= 15 is 0 Å². The van der Waals surface area contributed by atoms with E-state index in [4.69, 9.17) is 0 Å². The van der Waals surface area contributed by atoms with Gasteiger partial charge in [0.15, 0.2) is 6.20 Å². The molecule has 0 spiro atoms. The molecule has 0 atom stereocenters. The monoisotopic (exact) mass is 136 g/mol. The van der Waals surface area contributed by atoms with Crippen molar-refractivity contribution in [1.82, 2.24) is 14.5 Å². The van der Waals surface area contributed by atoms with Crippen LogP contribution in [0.25, 0.3) is 5.52 Å². The fraction of sp³-hybridized carbons (Fsp3) is 0. The SMILES string of the molecule is [O-][n+]1cncc2cncn21. The molecule has 0 bridgehead atoms. The smallest absolute Gasteiger partial charge is 0.308 e. The first-order valence-corrected chi connectivity index (χ1v) is 2.73. The Morgan fingerprint density at radius 2 is 2.20 bits per heavy atom. The first kappa shape index (κ1) is 5.16. The summed E-state index contributed by atoms with van der Waals surface area (Å²) in [6.45, 7) is 0. The summed E-state index contributed by atoms with van der Waals surface area (Å²) in [5.74, 6) is 0. The maximum absolute atomic E-state index is 10.8. The van der Waals surface area contributed by atoms with E-state index in [0.29, 0.717) is 10.4 Å². The minimum Gasteiger partial charge on any atom is -0.692 e. The summed E-state index contributed by atoms with van der Waals surface area (Å²) < 4.78 is 1.35. The van der Waals surface area contributed by atoms with Gasteiger partial charge >= 0.3 is 6.33 Å². The van der Waals surface area contributed by atoms with Crippen LogP contribution in [0, 0.1) is 5.21 Å². The van der Waals surface area contributed by atoms with Crippen molar-refractivity contribution < 1.29 is 4.85 Å². The molecule has 0 unspecified atom stereocenters. The Balaban J connectivity index is 2.95. The van der Waals surface area contributed by atoms with E-state index in [1.54, 1.807) is 12.4 Å². The number of hydrogen-bond acceptors (Lipinski definition) is 3. The molecule has 2 heterocycles. The van der Waals surface area contributed by atoms with E-state index in [9.17, 15) is 5.21 Å². The molecular weight excluding hydrogens is 132 g/mol. The second-order valence-electron chi connectivity index (χ2n) is 1.86. The Kier molecular flexibility index (Phi) is 0.858. The van der Waals surface area contributed by atoms with Crippen LogP contribution in [0.3, 0.4) is 0 Å². The number of imidazole rings is 1. The highest BCUT2D eigenvalue weighted by Gasteiger charge is 1.96. The summed E-state index contributed by atoms with van der Waals surface area (Å²) in [6, 6.07) is 0. The lowest BCUT2D eigenvalue weighted by Crippen LogP contribution is -2.35. The van der Waals surface area contributed by atoms with Gasteiger partial charge in [-0.15, -0.1) is 0 Å². The molecule has 10 heavy (non-hydrogen) atoms. The van der Waals surface area contributed by atoms with E-state index < -0.39 is 0 Å². The largest absolute Gasteiger partial charge is 0.692 e. The van der Waals surface area contributed by atoms with Gasteiger partial charge in [0.25, 0.3) is 0 Å². The molecule has 2 rings (SSSR count). The molecule has 2 aromatic heterocycles. The number of aromatic nitrogens is 4. The molecule has 0 aromatic carbocycles. The molecule has 0 radical (unpaired) electrons. The van der Waals surface area contributed by atoms with Crippen molar-refractivity contribution in [3.63, 3.8) is 0 Å². The topological polar surface area (TPSA) is 57.1 Å². The Labute approximate surface area is 56.1 Å². The van der Waals surface area contributed by atoms with Crippen LogP contribution in [0.2, 0.25) is 0 Å². The van der Waals surface area contributed by atoms with Crippen LogP contribution in [0.1, 0.15) is 0 Å². The van der Waals surface area contributed by atoms with E-state index in [1.165, 1.54) is 17.2 Å². The van der Waals surface area contributed by atoms with Gasteiger partial charge in [-0.05, 0) is 0 Å². The molecule has 0 saturated heterocycles. The van der Waals surface area contributed by atoms with Crippen molar-refractivity contribution in [3.8, 4) is 0 Å². The van der Waals surface area contributed by atoms with Gasteiger partial charge in [-0.3, -0.25) is 0 Å². The van der Waals surface area contributed by atoms with E-state index in [0.717, 1.165) is 0 Å². The first-order valence-electron chi connectivity index (χ1n) is 2.73. The van der Waals surface area contributed by atoms with Gasteiger partial charge in [0.2, 0.25) is 0 Å². The molecule has 0 fully saturated rings. The van der Waals surface area contributed by atoms with Gasteiger partial charge in [0.1, 0.15) is 11.8 Å². The Morgan fingerprint density at radius 3 is 3.00 bits per heavy atom. The number of nitrogens with zero attached hydrogens (tertiary/aromatic N) is 4. The number of fused-ring (bicyclic) bond motifs is 1. The first-order chi connectivity index (χ1) is 4.88. The standard InChI is InChI=1S/C5H4N4O/c10-9-4-7-2-5-1-6-3-8(5)9/h1-4H. The molecule has 0 amide bonds. The van der Waals surface area contributed by atoms with Crippen molar-refractivity contribution in [2.45, 2.75) is 0 Å². The Hall–Kier alpha value is -1.65. The van der Waals surface area contributed by atoms with Gasteiger partial charge in [0, 0.05) is 0 Å². The fourth-order valence-corrected chi connectivity index (χ4v) is 0.778. The highest BCUT2D eigenvalue weighted by atomic mass is 16.5. The van der Waals surface area contributed by atoms with Crippen LogP contribution >= 0.6 is 0 Å². The van der Waals surface area contributed by atoms with Crippen molar-refractivity contribution in [2.75, 3.05) is 0 Å². The summed E-state index contributed by atoms with van der Waals surface area (Å²) in [6.07, 6.45) is 5.75. The molecule has 0 saturated carbocycles. The molecule has 0 N–H and O–H groups in total. The fourth-order valence-electron chi connectivity index (χ4n) is 0.778. The predicted molar refractivity (Wildman–Crippen MR) is 31.9 cm³/mol. The van der Waals surface area contributed by atoms with Crippen LogP contribution < -0.4 is 4.85 Å². The van der Waals surface area contributed by atoms with Gasteiger partial charge in [-0.25, -0.2) is 4.98 Å². The average molecular weight is 136 g/mol. The summed E-state index contributed by atoms with van der Waals surface area (Å²) in [5, 5.41) is 10.8.